The molecule has 0 spiro atoms. The van der Waals surface area contributed by atoms with Crippen molar-refractivity contribution in [3.63, 3.8) is 0 Å². The number of carbonyl (C=O) groups excluding carboxylic acids is 2. The SMILES string of the molecule is CC(=O)[C@@H]1CCN(C(=O)C2CCN(C)CC2)C1. The third kappa shape index (κ3) is 2.86. The highest BCUT2D eigenvalue weighted by Gasteiger charge is 2.33. The Morgan fingerprint density at radius 3 is 2.12 bits per heavy atom. The Morgan fingerprint density at radius 1 is 1.00 bits per heavy atom. The van der Waals surface area contributed by atoms with Crippen LogP contribution in [0.4, 0.5) is 0 Å². The van der Waals surface area contributed by atoms with E-state index >= 15 is 0 Å². The van der Waals surface area contributed by atoms with E-state index in [4.69, 9.17) is 0 Å². The second kappa shape index (κ2) is 5.17. The fourth-order valence-electron chi connectivity index (χ4n) is 2.81. The van der Waals surface area contributed by atoms with E-state index in [0.29, 0.717) is 6.54 Å². The van der Waals surface area contributed by atoms with Gasteiger partial charge < -0.3 is 9.80 Å². The number of piperidine rings is 1. The molecule has 4 nitrogen and oxygen atoms in total. The molecule has 0 saturated carbocycles. The Kier molecular flexibility index (Phi) is 3.82. The first kappa shape index (κ1) is 12.6. The van der Waals surface area contributed by atoms with Gasteiger partial charge in [0.05, 0.1) is 0 Å². The van der Waals surface area contributed by atoms with Crippen LogP contribution in [0.1, 0.15) is 26.2 Å². The number of likely N-dealkylation sites (tertiary alicyclic amines) is 2. The van der Waals surface area contributed by atoms with Crippen molar-refractivity contribution in [1.82, 2.24) is 9.80 Å². The molecule has 2 saturated heterocycles. The first-order chi connectivity index (χ1) is 8.08. The summed E-state index contributed by atoms with van der Waals surface area (Å²) in [6.07, 6.45) is 2.79. The summed E-state index contributed by atoms with van der Waals surface area (Å²) < 4.78 is 0. The molecule has 0 aromatic heterocycles. The fraction of sp³-hybridized carbons (Fsp3) is 0.846. The van der Waals surface area contributed by atoms with Gasteiger partial charge in [0.2, 0.25) is 5.91 Å². The molecule has 0 N–H and O–H groups in total. The number of amides is 1. The van der Waals surface area contributed by atoms with Gasteiger partial charge in [0.25, 0.3) is 0 Å². The molecule has 4 heteroatoms. The Hall–Kier alpha value is -0.900. The van der Waals surface area contributed by atoms with E-state index in [1.165, 1.54) is 0 Å². The maximum atomic E-state index is 12.3. The molecule has 17 heavy (non-hydrogen) atoms. The van der Waals surface area contributed by atoms with Crippen molar-refractivity contribution in [2.75, 3.05) is 33.2 Å². The van der Waals surface area contributed by atoms with Crippen molar-refractivity contribution in [2.45, 2.75) is 26.2 Å². The standard InChI is InChI=1S/C13H22N2O2/c1-10(16)12-5-8-15(9-12)13(17)11-3-6-14(2)7-4-11/h11-12H,3-9H2,1-2H3/t12-/m1/s1. The number of hydrogen-bond acceptors (Lipinski definition) is 3. The van der Waals surface area contributed by atoms with Crippen molar-refractivity contribution >= 4 is 11.7 Å². The van der Waals surface area contributed by atoms with Gasteiger partial charge in [-0.2, -0.15) is 0 Å². The molecule has 2 aliphatic heterocycles. The second-order valence-electron chi connectivity index (χ2n) is 5.46. The molecule has 0 aliphatic carbocycles. The molecule has 1 amide bonds. The van der Waals surface area contributed by atoms with Crippen molar-refractivity contribution in [3.8, 4) is 0 Å². The maximum Gasteiger partial charge on any atom is 0.225 e. The summed E-state index contributed by atoms with van der Waals surface area (Å²) in [6.45, 7) is 5.09. The highest BCUT2D eigenvalue weighted by molar-refractivity contribution is 5.83. The first-order valence-corrected chi connectivity index (χ1v) is 6.55. The molecule has 96 valence electrons. The summed E-state index contributed by atoms with van der Waals surface area (Å²) in [6, 6.07) is 0. The highest BCUT2D eigenvalue weighted by Crippen LogP contribution is 2.23. The molecule has 2 rings (SSSR count). The summed E-state index contributed by atoms with van der Waals surface area (Å²) in [5.74, 6) is 0.785. The van der Waals surface area contributed by atoms with Crippen molar-refractivity contribution in [1.29, 1.82) is 0 Å². The third-order valence-electron chi connectivity index (χ3n) is 4.14. The van der Waals surface area contributed by atoms with Gasteiger partial charge in [0.1, 0.15) is 5.78 Å². The first-order valence-electron chi connectivity index (χ1n) is 6.55. The predicted molar refractivity (Wildman–Crippen MR) is 65.6 cm³/mol. The molecule has 0 unspecified atom stereocenters. The van der Waals surface area contributed by atoms with Crippen LogP contribution in [-0.2, 0) is 9.59 Å². The van der Waals surface area contributed by atoms with Gasteiger partial charge in [0, 0.05) is 24.9 Å². The third-order valence-corrected chi connectivity index (χ3v) is 4.14. The molecule has 2 heterocycles. The van der Waals surface area contributed by atoms with Crippen LogP contribution in [0, 0.1) is 11.8 Å². The summed E-state index contributed by atoms with van der Waals surface area (Å²) in [4.78, 5) is 27.7. The van der Waals surface area contributed by atoms with Crippen LogP contribution in [0.2, 0.25) is 0 Å². The van der Waals surface area contributed by atoms with Crippen LogP contribution >= 0.6 is 0 Å². The molecule has 1 atom stereocenters. The van der Waals surface area contributed by atoms with Gasteiger partial charge in [-0.25, -0.2) is 0 Å². The average Bonchev–Trinajstić information content (AvgIpc) is 2.78. The minimum Gasteiger partial charge on any atom is -0.342 e. The lowest BCUT2D eigenvalue weighted by molar-refractivity contribution is -0.136. The van der Waals surface area contributed by atoms with Crippen LogP contribution < -0.4 is 0 Å². The molecule has 0 aromatic carbocycles. The van der Waals surface area contributed by atoms with Gasteiger partial charge in [-0.05, 0) is 46.3 Å². The summed E-state index contributed by atoms with van der Waals surface area (Å²) in [5.41, 5.74) is 0. The predicted octanol–water partition coefficient (Wildman–Crippen LogP) is 0.766. The number of carbonyl (C=O) groups is 2. The Labute approximate surface area is 103 Å². The van der Waals surface area contributed by atoms with Gasteiger partial charge in [-0.1, -0.05) is 0 Å². The molecular weight excluding hydrogens is 216 g/mol. The van der Waals surface area contributed by atoms with Crippen molar-refractivity contribution in [2.24, 2.45) is 11.8 Å². The largest absolute Gasteiger partial charge is 0.342 e. The number of rotatable bonds is 2. The average molecular weight is 238 g/mol. The van der Waals surface area contributed by atoms with Gasteiger partial charge in [0.15, 0.2) is 0 Å². The van der Waals surface area contributed by atoms with Gasteiger partial charge >= 0.3 is 0 Å². The molecular formula is C13H22N2O2. The van der Waals surface area contributed by atoms with Crippen LogP contribution in [0.25, 0.3) is 0 Å². The number of hydrogen-bond donors (Lipinski definition) is 0. The summed E-state index contributed by atoms with van der Waals surface area (Å²) in [5, 5.41) is 0. The van der Waals surface area contributed by atoms with Crippen LogP contribution in [0.5, 0.6) is 0 Å². The number of Topliss-reactive ketones (excluding diaryl/α,β-unsaturated/α-hetero) is 1. The van der Waals surface area contributed by atoms with Crippen LogP contribution in [-0.4, -0.2) is 54.7 Å². The Bertz CT molecular complexity index is 309. The molecule has 2 aliphatic rings. The lowest BCUT2D eigenvalue weighted by atomic mass is 9.95. The van der Waals surface area contributed by atoms with E-state index in [1.54, 1.807) is 6.92 Å². The zero-order chi connectivity index (χ0) is 12.4. The van der Waals surface area contributed by atoms with Gasteiger partial charge in [-0.3, -0.25) is 9.59 Å². The van der Waals surface area contributed by atoms with E-state index in [1.807, 2.05) is 4.90 Å². The zero-order valence-electron chi connectivity index (χ0n) is 10.8. The fourth-order valence-corrected chi connectivity index (χ4v) is 2.81. The van der Waals surface area contributed by atoms with E-state index < -0.39 is 0 Å². The van der Waals surface area contributed by atoms with E-state index in [2.05, 4.69) is 11.9 Å². The molecule has 0 radical (unpaired) electrons. The molecule has 0 aromatic rings. The Balaban J connectivity index is 1.86. The number of ketones is 1. The quantitative estimate of drug-likeness (QED) is 0.713. The van der Waals surface area contributed by atoms with Crippen molar-refractivity contribution < 1.29 is 9.59 Å². The minimum atomic E-state index is 0.0882. The lowest BCUT2D eigenvalue weighted by Crippen LogP contribution is -2.40. The minimum absolute atomic E-state index is 0.0882. The monoisotopic (exact) mass is 238 g/mol. The van der Waals surface area contributed by atoms with E-state index in [-0.39, 0.29) is 23.5 Å². The van der Waals surface area contributed by atoms with Crippen molar-refractivity contribution in [3.05, 3.63) is 0 Å². The smallest absolute Gasteiger partial charge is 0.225 e. The van der Waals surface area contributed by atoms with E-state index in [0.717, 1.165) is 38.9 Å². The Morgan fingerprint density at radius 2 is 1.59 bits per heavy atom. The van der Waals surface area contributed by atoms with Crippen LogP contribution in [0.3, 0.4) is 0 Å². The second-order valence-corrected chi connectivity index (χ2v) is 5.46. The molecule has 0 bridgehead atoms. The number of nitrogens with zero attached hydrogens (tertiary/aromatic N) is 2. The zero-order valence-corrected chi connectivity index (χ0v) is 10.8. The maximum absolute atomic E-state index is 12.3. The van der Waals surface area contributed by atoms with Gasteiger partial charge in [-0.15, -0.1) is 0 Å². The molecule has 2 fully saturated rings. The summed E-state index contributed by atoms with van der Waals surface area (Å²) >= 11 is 0. The van der Waals surface area contributed by atoms with E-state index in [9.17, 15) is 9.59 Å². The topological polar surface area (TPSA) is 40.6 Å². The normalized spacial score (nSPS) is 27.4. The van der Waals surface area contributed by atoms with Crippen LogP contribution in [0.15, 0.2) is 0 Å². The summed E-state index contributed by atoms with van der Waals surface area (Å²) in [7, 11) is 2.10. The highest BCUT2D eigenvalue weighted by atomic mass is 16.2. The lowest BCUT2D eigenvalue weighted by Gasteiger charge is -2.30.